The molecular formula is C17H24N2O5S. The number of aryl methyl sites for hydroxylation is 2. The van der Waals surface area contributed by atoms with E-state index < -0.39 is 27.9 Å². The largest absolute Gasteiger partial charge is 0.469 e. The maximum Gasteiger partial charge on any atom is 0.307 e. The number of nitrogens with zero attached hydrogens (tertiary/aromatic N) is 1. The van der Waals surface area contributed by atoms with Gasteiger partial charge in [-0.15, -0.1) is 0 Å². The summed E-state index contributed by atoms with van der Waals surface area (Å²) in [5, 5.41) is 2.61. The Bertz CT molecular complexity index is 791. The molecule has 0 radical (unpaired) electrons. The second kappa shape index (κ2) is 7.13. The minimum atomic E-state index is -3.94. The van der Waals surface area contributed by atoms with E-state index in [-0.39, 0.29) is 24.4 Å². The molecule has 1 aliphatic rings. The minimum Gasteiger partial charge on any atom is -0.469 e. The Morgan fingerprint density at radius 2 is 1.80 bits per heavy atom. The van der Waals surface area contributed by atoms with Crippen molar-refractivity contribution in [1.82, 2.24) is 9.62 Å². The predicted molar refractivity (Wildman–Crippen MR) is 92.7 cm³/mol. The average Bonchev–Trinajstić information content (AvgIpc) is 2.54. The van der Waals surface area contributed by atoms with Crippen LogP contribution >= 0.6 is 0 Å². The fraction of sp³-hybridized carbons (Fsp3) is 0.529. The maximum absolute atomic E-state index is 13.4. The molecule has 25 heavy (non-hydrogen) atoms. The number of hydrogen-bond acceptors (Lipinski definition) is 5. The first-order valence-corrected chi connectivity index (χ1v) is 9.49. The molecule has 0 unspecified atom stereocenters. The van der Waals surface area contributed by atoms with Gasteiger partial charge in [-0.25, -0.2) is 8.42 Å². The normalized spacial score (nSPS) is 18.8. The quantitative estimate of drug-likeness (QED) is 0.800. The molecule has 1 N–H and O–H groups in total. The van der Waals surface area contributed by atoms with Crippen molar-refractivity contribution in [3.05, 3.63) is 28.3 Å². The summed E-state index contributed by atoms with van der Waals surface area (Å²) in [4.78, 5) is 24.1. The van der Waals surface area contributed by atoms with Gasteiger partial charge >= 0.3 is 5.97 Å². The zero-order valence-corrected chi connectivity index (χ0v) is 16.0. The van der Waals surface area contributed by atoms with Crippen LogP contribution in [0.3, 0.4) is 0 Å². The van der Waals surface area contributed by atoms with Gasteiger partial charge in [0.15, 0.2) is 0 Å². The van der Waals surface area contributed by atoms with E-state index in [1.807, 2.05) is 19.9 Å². The molecule has 1 aliphatic heterocycles. The van der Waals surface area contributed by atoms with Crippen LogP contribution in [0.4, 0.5) is 0 Å². The zero-order chi connectivity index (χ0) is 18.9. The third-order valence-electron chi connectivity index (χ3n) is 4.73. The summed E-state index contributed by atoms with van der Waals surface area (Å²) in [6, 6.07) is 0.837. The second-order valence-electron chi connectivity index (χ2n) is 6.29. The van der Waals surface area contributed by atoms with Crippen molar-refractivity contribution in [2.75, 3.05) is 20.2 Å². The average molecular weight is 368 g/mol. The highest BCUT2D eigenvalue weighted by Crippen LogP contribution is 2.30. The molecular weight excluding hydrogens is 344 g/mol. The molecule has 1 aromatic rings. The highest BCUT2D eigenvalue weighted by Gasteiger charge is 2.41. The third-order valence-corrected chi connectivity index (χ3v) is 6.92. The molecule has 8 heteroatoms. The summed E-state index contributed by atoms with van der Waals surface area (Å²) in [6.07, 6.45) is -0.315. The first-order valence-electron chi connectivity index (χ1n) is 8.05. The number of nitrogens with one attached hydrogen (secondary N) is 1. The Kier molecular flexibility index (Phi) is 5.53. The Morgan fingerprint density at radius 1 is 1.24 bits per heavy atom. The van der Waals surface area contributed by atoms with Crippen molar-refractivity contribution in [1.29, 1.82) is 0 Å². The smallest absolute Gasteiger partial charge is 0.307 e. The summed E-state index contributed by atoms with van der Waals surface area (Å²) in [5.74, 6) is -1.11. The van der Waals surface area contributed by atoms with Crippen LogP contribution in [0, 0.1) is 27.7 Å². The van der Waals surface area contributed by atoms with Gasteiger partial charge in [0.05, 0.1) is 18.4 Å². The number of amides is 1. The highest BCUT2D eigenvalue weighted by molar-refractivity contribution is 7.89. The standard InChI is InChI=1S/C17H24N2O5S/c1-10-8-11(2)13(4)16(12(10)3)25(22,23)19-7-6-18-17(21)14(19)9-15(20)24-5/h8,14H,6-7,9H2,1-5H3,(H,18,21)/t14-/m1/s1. The summed E-state index contributed by atoms with van der Waals surface area (Å²) >= 11 is 0. The van der Waals surface area contributed by atoms with Gasteiger partial charge in [0.2, 0.25) is 15.9 Å². The molecule has 7 nitrogen and oxygen atoms in total. The number of carbonyl (C=O) groups excluding carboxylic acids is 2. The van der Waals surface area contributed by atoms with Crippen molar-refractivity contribution in [2.45, 2.75) is 45.1 Å². The molecule has 1 heterocycles. The maximum atomic E-state index is 13.4. The molecule has 1 aromatic carbocycles. The molecule has 138 valence electrons. The fourth-order valence-corrected chi connectivity index (χ4v) is 5.27. The van der Waals surface area contributed by atoms with Gasteiger partial charge in [0.25, 0.3) is 0 Å². The van der Waals surface area contributed by atoms with Gasteiger partial charge in [-0.3, -0.25) is 9.59 Å². The number of piperazine rings is 1. The van der Waals surface area contributed by atoms with E-state index in [1.54, 1.807) is 13.8 Å². The van der Waals surface area contributed by atoms with Crippen molar-refractivity contribution in [2.24, 2.45) is 0 Å². The van der Waals surface area contributed by atoms with Gasteiger partial charge in [-0.2, -0.15) is 4.31 Å². The molecule has 0 spiro atoms. The van der Waals surface area contributed by atoms with E-state index in [2.05, 4.69) is 10.1 Å². The molecule has 0 aliphatic carbocycles. The van der Waals surface area contributed by atoms with E-state index in [1.165, 1.54) is 7.11 Å². The summed E-state index contributed by atoms with van der Waals surface area (Å²) in [5.41, 5.74) is 3.05. The van der Waals surface area contributed by atoms with Crippen molar-refractivity contribution in [3.63, 3.8) is 0 Å². The van der Waals surface area contributed by atoms with Gasteiger partial charge in [0, 0.05) is 13.1 Å². The van der Waals surface area contributed by atoms with Crippen molar-refractivity contribution >= 4 is 21.9 Å². The number of esters is 1. The first kappa shape index (κ1) is 19.4. The van der Waals surface area contributed by atoms with E-state index >= 15 is 0 Å². The van der Waals surface area contributed by atoms with Gasteiger partial charge in [-0.1, -0.05) is 6.07 Å². The van der Waals surface area contributed by atoms with Crippen LogP contribution < -0.4 is 5.32 Å². The molecule has 1 amide bonds. The second-order valence-corrected chi connectivity index (χ2v) is 8.12. The Morgan fingerprint density at radius 3 is 2.32 bits per heavy atom. The first-order chi connectivity index (χ1) is 11.6. The molecule has 1 atom stereocenters. The minimum absolute atomic E-state index is 0.113. The monoisotopic (exact) mass is 368 g/mol. The number of carbonyl (C=O) groups is 2. The van der Waals surface area contributed by atoms with Crippen LogP contribution in [-0.2, 0) is 24.3 Å². The number of sulfonamides is 1. The van der Waals surface area contributed by atoms with Gasteiger partial charge < -0.3 is 10.1 Å². The van der Waals surface area contributed by atoms with E-state index in [0.29, 0.717) is 11.1 Å². The molecule has 1 fully saturated rings. The molecule has 0 saturated carbocycles. The van der Waals surface area contributed by atoms with Crippen molar-refractivity contribution in [3.8, 4) is 0 Å². The lowest BCUT2D eigenvalue weighted by atomic mass is 10.0. The summed E-state index contributed by atoms with van der Waals surface area (Å²) < 4.78 is 32.4. The molecule has 0 bridgehead atoms. The fourth-order valence-electron chi connectivity index (χ4n) is 3.10. The van der Waals surface area contributed by atoms with E-state index in [9.17, 15) is 18.0 Å². The molecule has 2 rings (SSSR count). The third kappa shape index (κ3) is 3.55. The Hall–Kier alpha value is -1.93. The predicted octanol–water partition coefficient (Wildman–Crippen LogP) is 0.972. The molecule has 1 saturated heterocycles. The van der Waals surface area contributed by atoms with Crippen LogP contribution in [0.15, 0.2) is 11.0 Å². The van der Waals surface area contributed by atoms with E-state index in [0.717, 1.165) is 15.4 Å². The van der Waals surface area contributed by atoms with Crippen LogP contribution in [-0.4, -0.2) is 50.8 Å². The van der Waals surface area contributed by atoms with Crippen molar-refractivity contribution < 1.29 is 22.7 Å². The number of rotatable bonds is 4. The van der Waals surface area contributed by atoms with Crippen LogP contribution in [0.1, 0.15) is 28.7 Å². The van der Waals surface area contributed by atoms with Crippen LogP contribution in [0.5, 0.6) is 0 Å². The topological polar surface area (TPSA) is 92.8 Å². The lowest BCUT2D eigenvalue weighted by molar-refractivity contribution is -0.144. The lowest BCUT2D eigenvalue weighted by Crippen LogP contribution is -2.57. The SMILES string of the molecule is COC(=O)C[C@@H]1C(=O)NCCN1S(=O)(=O)c1c(C)c(C)cc(C)c1C. The Balaban J connectivity index is 2.57. The van der Waals surface area contributed by atoms with E-state index in [4.69, 9.17) is 0 Å². The summed E-state index contributed by atoms with van der Waals surface area (Å²) in [7, 11) is -2.73. The molecule has 0 aromatic heterocycles. The number of methoxy groups -OCH3 is 1. The lowest BCUT2D eigenvalue weighted by Gasteiger charge is -2.34. The van der Waals surface area contributed by atoms with Crippen LogP contribution in [0.2, 0.25) is 0 Å². The number of benzene rings is 1. The van der Waals surface area contributed by atoms with Gasteiger partial charge in [0.1, 0.15) is 6.04 Å². The van der Waals surface area contributed by atoms with Gasteiger partial charge in [-0.05, 0) is 49.9 Å². The highest BCUT2D eigenvalue weighted by atomic mass is 32.2. The number of ether oxygens (including phenoxy) is 1. The van der Waals surface area contributed by atoms with Crippen LogP contribution in [0.25, 0.3) is 0 Å². The Labute approximate surface area is 148 Å². The summed E-state index contributed by atoms with van der Waals surface area (Å²) in [6.45, 7) is 7.55. The number of hydrogen-bond donors (Lipinski definition) is 1. The zero-order valence-electron chi connectivity index (χ0n) is 15.2.